The molecule has 7 nitrogen and oxygen atoms in total. The van der Waals surface area contributed by atoms with Crippen LogP contribution in [-0.2, 0) is 0 Å². The van der Waals surface area contributed by atoms with Gasteiger partial charge in [-0.2, -0.15) is 0 Å². The number of hydrogen-bond acceptors (Lipinski definition) is 6. The number of nitrogens with one attached hydrogen (secondary N) is 1. The summed E-state index contributed by atoms with van der Waals surface area (Å²) in [6.07, 6.45) is 4.29. The zero-order valence-electron chi connectivity index (χ0n) is 17.3. The fraction of sp³-hybridized carbons (Fsp3) is 0.273. The summed E-state index contributed by atoms with van der Waals surface area (Å²) >= 11 is 6.35. The highest BCUT2D eigenvalue weighted by Gasteiger charge is 2.17. The maximum absolute atomic E-state index is 14.7. The zero-order chi connectivity index (χ0) is 22.0. The Morgan fingerprint density at radius 3 is 2.39 bits per heavy atom. The first-order chi connectivity index (χ1) is 14.9. The second-order valence-corrected chi connectivity index (χ2v) is 7.95. The van der Waals surface area contributed by atoms with E-state index in [4.69, 9.17) is 11.6 Å². The number of carbonyl (C=O) groups is 1. The molecule has 1 N–H and O–H groups in total. The number of likely N-dealkylation sites (N-methyl/N-ethyl adjacent to an activating group) is 1. The Morgan fingerprint density at radius 1 is 1.00 bits per heavy atom. The molecule has 4 rings (SSSR count). The second-order valence-electron chi connectivity index (χ2n) is 7.52. The lowest BCUT2D eigenvalue weighted by Crippen LogP contribution is -2.44. The van der Waals surface area contributed by atoms with Crippen LogP contribution in [0.1, 0.15) is 16.2 Å². The fourth-order valence-corrected chi connectivity index (χ4v) is 3.59. The van der Waals surface area contributed by atoms with Gasteiger partial charge >= 0.3 is 0 Å². The van der Waals surface area contributed by atoms with E-state index in [1.165, 1.54) is 24.7 Å². The van der Waals surface area contributed by atoms with E-state index in [0.29, 0.717) is 16.4 Å². The standard InChI is InChI=1S/C22H22ClFN6O/c1-14-25-12-17(13-26-14)22(31)28-21-20(24)9-16(11-27-21)15-7-18(23)10-19(8-15)30-5-3-29(2)4-6-30/h7-13H,3-6H2,1-2H3,(H,27,28,31). The van der Waals surface area contributed by atoms with E-state index in [1.807, 2.05) is 12.1 Å². The summed E-state index contributed by atoms with van der Waals surface area (Å²) in [4.78, 5) is 28.9. The monoisotopic (exact) mass is 440 g/mol. The van der Waals surface area contributed by atoms with Gasteiger partial charge in [0, 0.05) is 61.0 Å². The summed E-state index contributed by atoms with van der Waals surface area (Å²) in [7, 11) is 2.10. The van der Waals surface area contributed by atoms with Gasteiger partial charge in [0.05, 0.1) is 5.56 Å². The quantitative estimate of drug-likeness (QED) is 0.667. The predicted molar refractivity (Wildman–Crippen MR) is 119 cm³/mol. The van der Waals surface area contributed by atoms with Crippen molar-refractivity contribution in [1.82, 2.24) is 19.9 Å². The van der Waals surface area contributed by atoms with Crippen LogP contribution in [0.25, 0.3) is 11.1 Å². The Bertz CT molecular complexity index is 1100. The molecule has 0 saturated carbocycles. The average Bonchev–Trinajstić information content (AvgIpc) is 2.75. The largest absolute Gasteiger partial charge is 0.369 e. The summed E-state index contributed by atoms with van der Waals surface area (Å²) in [6, 6.07) is 7.01. The number of hydrogen-bond donors (Lipinski definition) is 1. The van der Waals surface area contributed by atoms with Crippen LogP contribution in [0.4, 0.5) is 15.9 Å². The van der Waals surface area contributed by atoms with E-state index in [9.17, 15) is 9.18 Å². The molecule has 1 amide bonds. The van der Waals surface area contributed by atoms with Gasteiger partial charge in [-0.15, -0.1) is 0 Å². The van der Waals surface area contributed by atoms with Crippen molar-refractivity contribution >= 4 is 29.0 Å². The molecule has 0 aliphatic carbocycles. The minimum Gasteiger partial charge on any atom is -0.369 e. The smallest absolute Gasteiger partial charge is 0.260 e. The lowest BCUT2D eigenvalue weighted by atomic mass is 10.1. The predicted octanol–water partition coefficient (Wildman–Crippen LogP) is 3.64. The van der Waals surface area contributed by atoms with Crippen molar-refractivity contribution in [2.24, 2.45) is 0 Å². The first kappa shape index (κ1) is 21.1. The van der Waals surface area contributed by atoms with Gasteiger partial charge in [-0.3, -0.25) is 4.79 Å². The molecule has 3 aromatic rings. The van der Waals surface area contributed by atoms with Crippen LogP contribution in [0.5, 0.6) is 0 Å². The average molecular weight is 441 g/mol. The van der Waals surface area contributed by atoms with E-state index in [0.717, 1.165) is 37.4 Å². The van der Waals surface area contributed by atoms with Crippen LogP contribution >= 0.6 is 11.6 Å². The minimum atomic E-state index is -0.639. The third-order valence-electron chi connectivity index (χ3n) is 5.20. The number of piperazine rings is 1. The highest BCUT2D eigenvalue weighted by atomic mass is 35.5. The summed E-state index contributed by atoms with van der Waals surface area (Å²) < 4.78 is 14.7. The first-order valence-electron chi connectivity index (χ1n) is 9.89. The SMILES string of the molecule is Cc1ncc(C(=O)Nc2ncc(-c3cc(Cl)cc(N4CCN(C)CC4)c3)cc2F)cn1. The molecular weight excluding hydrogens is 419 g/mol. The van der Waals surface area contributed by atoms with E-state index < -0.39 is 11.7 Å². The molecule has 1 aromatic carbocycles. The van der Waals surface area contributed by atoms with Crippen molar-refractivity contribution in [1.29, 1.82) is 0 Å². The number of aromatic nitrogens is 3. The molecule has 1 fully saturated rings. The van der Waals surface area contributed by atoms with Crippen LogP contribution in [-0.4, -0.2) is 59.0 Å². The van der Waals surface area contributed by atoms with E-state index in [2.05, 4.69) is 37.1 Å². The Morgan fingerprint density at radius 2 is 1.71 bits per heavy atom. The number of aryl methyl sites for hydroxylation is 1. The van der Waals surface area contributed by atoms with Crippen LogP contribution in [0.15, 0.2) is 42.9 Å². The van der Waals surface area contributed by atoms with Gasteiger partial charge in [-0.25, -0.2) is 19.3 Å². The number of nitrogens with zero attached hydrogens (tertiary/aromatic N) is 5. The van der Waals surface area contributed by atoms with Crippen molar-refractivity contribution in [2.75, 3.05) is 43.4 Å². The van der Waals surface area contributed by atoms with Gasteiger partial charge in [-0.1, -0.05) is 11.6 Å². The third-order valence-corrected chi connectivity index (χ3v) is 5.42. The number of benzene rings is 1. The van der Waals surface area contributed by atoms with E-state index in [-0.39, 0.29) is 11.4 Å². The van der Waals surface area contributed by atoms with E-state index >= 15 is 0 Å². The molecule has 0 unspecified atom stereocenters. The number of halogens is 2. The normalized spacial score (nSPS) is 14.5. The van der Waals surface area contributed by atoms with Crippen LogP contribution in [0.3, 0.4) is 0 Å². The summed E-state index contributed by atoms with van der Waals surface area (Å²) in [6.45, 7) is 5.46. The van der Waals surface area contributed by atoms with Crippen LogP contribution < -0.4 is 10.2 Å². The molecule has 1 aliphatic heterocycles. The zero-order valence-corrected chi connectivity index (χ0v) is 18.0. The molecule has 1 saturated heterocycles. The van der Waals surface area contributed by atoms with E-state index in [1.54, 1.807) is 13.0 Å². The van der Waals surface area contributed by atoms with Gasteiger partial charge in [0.2, 0.25) is 0 Å². The lowest BCUT2D eigenvalue weighted by Gasteiger charge is -2.34. The number of amides is 1. The number of rotatable bonds is 4. The fourth-order valence-electron chi connectivity index (χ4n) is 3.37. The molecule has 0 bridgehead atoms. The minimum absolute atomic E-state index is 0.157. The maximum Gasteiger partial charge on any atom is 0.260 e. The molecule has 0 spiro atoms. The molecule has 3 heterocycles. The molecule has 2 aromatic heterocycles. The Balaban J connectivity index is 1.55. The molecule has 31 heavy (non-hydrogen) atoms. The van der Waals surface area contributed by atoms with Crippen molar-refractivity contribution in [3.05, 3.63) is 65.1 Å². The number of pyridine rings is 1. The Hall–Kier alpha value is -3.10. The summed E-state index contributed by atoms with van der Waals surface area (Å²) in [5.74, 6) is -0.780. The van der Waals surface area contributed by atoms with Gasteiger partial charge in [0.25, 0.3) is 5.91 Å². The van der Waals surface area contributed by atoms with Crippen molar-refractivity contribution in [2.45, 2.75) is 6.92 Å². The molecule has 0 radical (unpaired) electrons. The van der Waals surface area contributed by atoms with Crippen molar-refractivity contribution < 1.29 is 9.18 Å². The topological polar surface area (TPSA) is 74.2 Å². The van der Waals surface area contributed by atoms with Gasteiger partial charge in [0.15, 0.2) is 11.6 Å². The van der Waals surface area contributed by atoms with Gasteiger partial charge in [0.1, 0.15) is 5.82 Å². The Labute approximate surface area is 184 Å². The van der Waals surface area contributed by atoms with Gasteiger partial charge < -0.3 is 15.1 Å². The summed E-state index contributed by atoms with van der Waals surface area (Å²) in [5, 5.41) is 3.03. The molecule has 1 aliphatic rings. The lowest BCUT2D eigenvalue weighted by molar-refractivity contribution is 0.102. The molecule has 0 atom stereocenters. The molecular formula is C22H22ClFN6O. The van der Waals surface area contributed by atoms with Crippen LogP contribution in [0.2, 0.25) is 5.02 Å². The molecule has 160 valence electrons. The highest BCUT2D eigenvalue weighted by molar-refractivity contribution is 6.31. The number of anilines is 2. The number of carbonyl (C=O) groups excluding carboxylic acids is 1. The second kappa shape index (κ2) is 8.95. The maximum atomic E-state index is 14.7. The van der Waals surface area contributed by atoms with Gasteiger partial charge in [-0.05, 0) is 43.8 Å². The highest BCUT2D eigenvalue weighted by Crippen LogP contribution is 2.30. The van der Waals surface area contributed by atoms with Crippen LogP contribution in [0, 0.1) is 12.7 Å². The van der Waals surface area contributed by atoms with Crippen molar-refractivity contribution in [3.8, 4) is 11.1 Å². The third kappa shape index (κ3) is 4.98. The Kier molecular flexibility index (Phi) is 6.11. The molecule has 9 heteroatoms. The van der Waals surface area contributed by atoms with Crippen molar-refractivity contribution in [3.63, 3.8) is 0 Å². The first-order valence-corrected chi connectivity index (χ1v) is 10.3. The summed E-state index contributed by atoms with van der Waals surface area (Å²) in [5.41, 5.74) is 2.56.